The van der Waals surface area contributed by atoms with Gasteiger partial charge in [-0.2, -0.15) is 5.10 Å². The first kappa shape index (κ1) is 24.4. The summed E-state index contributed by atoms with van der Waals surface area (Å²) in [6, 6.07) is 7.44. The number of nitrogens with zero attached hydrogens (tertiary/aromatic N) is 4. The summed E-state index contributed by atoms with van der Waals surface area (Å²) in [4.78, 5) is 19.0. The number of aryl methyl sites for hydroxylation is 1. The Balaban J connectivity index is 1.61. The molecular weight excluding hydrogens is 473 g/mol. The summed E-state index contributed by atoms with van der Waals surface area (Å²) >= 11 is 12.5. The zero-order valence-electron chi connectivity index (χ0n) is 20.0. The zero-order valence-corrected chi connectivity index (χ0v) is 21.5. The molecule has 0 unspecified atom stereocenters. The Morgan fingerprint density at radius 1 is 1.24 bits per heavy atom. The predicted molar refractivity (Wildman–Crippen MR) is 137 cm³/mol. The molecule has 1 aliphatic heterocycles. The van der Waals surface area contributed by atoms with Gasteiger partial charge in [0.25, 0.3) is 0 Å². The molecule has 3 heterocycles. The summed E-state index contributed by atoms with van der Waals surface area (Å²) in [5.41, 5.74) is 4.83. The first-order valence-corrected chi connectivity index (χ1v) is 12.0. The summed E-state index contributed by atoms with van der Waals surface area (Å²) < 4.78 is 7.26. The van der Waals surface area contributed by atoms with E-state index in [0.29, 0.717) is 29.6 Å². The van der Waals surface area contributed by atoms with E-state index in [2.05, 4.69) is 10.4 Å². The lowest BCUT2D eigenvalue weighted by Gasteiger charge is -2.29. The third kappa shape index (κ3) is 5.47. The molecule has 1 atom stereocenters. The molecule has 180 valence electrons. The van der Waals surface area contributed by atoms with Crippen LogP contribution in [0, 0.1) is 0 Å². The van der Waals surface area contributed by atoms with Crippen LogP contribution in [0.5, 0.6) is 0 Å². The maximum Gasteiger partial charge on any atom is 0.410 e. The molecular formula is C25H29Cl2N5O2. The molecule has 0 spiro atoms. The van der Waals surface area contributed by atoms with Gasteiger partial charge in [0.1, 0.15) is 16.6 Å². The number of benzene rings is 1. The maximum absolute atomic E-state index is 12.4. The highest BCUT2D eigenvalue weighted by atomic mass is 35.5. The number of fused-ring (bicyclic) bond motifs is 1. The lowest BCUT2D eigenvalue weighted by atomic mass is 10.0. The Morgan fingerprint density at radius 3 is 2.65 bits per heavy atom. The van der Waals surface area contributed by atoms with Gasteiger partial charge in [0.15, 0.2) is 0 Å². The Bertz CT molecular complexity index is 1260. The van der Waals surface area contributed by atoms with Crippen LogP contribution in [-0.2, 0) is 11.8 Å². The fourth-order valence-corrected chi connectivity index (χ4v) is 4.52. The van der Waals surface area contributed by atoms with Gasteiger partial charge in [0.2, 0.25) is 0 Å². The molecule has 1 aromatic carbocycles. The Morgan fingerprint density at radius 2 is 2.00 bits per heavy atom. The van der Waals surface area contributed by atoms with Crippen molar-refractivity contribution in [1.29, 1.82) is 0 Å². The van der Waals surface area contributed by atoms with Crippen molar-refractivity contribution in [2.24, 2.45) is 7.05 Å². The minimum Gasteiger partial charge on any atom is -0.444 e. The molecule has 1 amide bonds. The van der Waals surface area contributed by atoms with Crippen molar-refractivity contribution in [1.82, 2.24) is 19.7 Å². The van der Waals surface area contributed by atoms with Gasteiger partial charge in [-0.05, 0) is 63.5 Å². The van der Waals surface area contributed by atoms with Crippen molar-refractivity contribution in [3.63, 3.8) is 0 Å². The SMILES string of the molecule is C[C@@H](Nc1cc(C2=CCN(C(=O)OC(C)(C)C)CC2)nc2cn(C)nc12)c1ccc(Cl)cc1Cl. The number of halogens is 2. The quantitative estimate of drug-likeness (QED) is 0.443. The van der Waals surface area contributed by atoms with Crippen molar-refractivity contribution in [2.45, 2.75) is 45.8 Å². The minimum absolute atomic E-state index is 0.0757. The van der Waals surface area contributed by atoms with Gasteiger partial charge in [-0.25, -0.2) is 9.78 Å². The number of ether oxygens (including phenoxy) is 1. The third-order valence-electron chi connectivity index (χ3n) is 5.58. The van der Waals surface area contributed by atoms with Crippen molar-refractivity contribution in [2.75, 3.05) is 18.4 Å². The van der Waals surface area contributed by atoms with E-state index in [9.17, 15) is 4.79 Å². The van der Waals surface area contributed by atoms with E-state index in [-0.39, 0.29) is 12.1 Å². The summed E-state index contributed by atoms with van der Waals surface area (Å²) in [6.45, 7) is 8.72. The van der Waals surface area contributed by atoms with E-state index in [1.807, 2.05) is 65.2 Å². The lowest BCUT2D eigenvalue weighted by molar-refractivity contribution is 0.0270. The van der Waals surface area contributed by atoms with Crippen molar-refractivity contribution in [3.8, 4) is 0 Å². The molecule has 1 N–H and O–H groups in total. The lowest BCUT2D eigenvalue weighted by Crippen LogP contribution is -2.39. The van der Waals surface area contributed by atoms with Crippen LogP contribution < -0.4 is 5.32 Å². The van der Waals surface area contributed by atoms with Crippen LogP contribution in [0.4, 0.5) is 10.5 Å². The molecule has 0 radical (unpaired) electrons. The van der Waals surface area contributed by atoms with Crippen molar-refractivity contribution >= 4 is 51.6 Å². The van der Waals surface area contributed by atoms with E-state index >= 15 is 0 Å². The van der Waals surface area contributed by atoms with Crippen LogP contribution in [-0.4, -0.2) is 44.4 Å². The average molecular weight is 502 g/mol. The molecule has 0 saturated heterocycles. The van der Waals surface area contributed by atoms with Crippen LogP contribution in [0.1, 0.15) is 51.4 Å². The highest BCUT2D eigenvalue weighted by Gasteiger charge is 2.25. The number of rotatable bonds is 4. The highest BCUT2D eigenvalue weighted by molar-refractivity contribution is 6.35. The first-order valence-electron chi connectivity index (χ1n) is 11.2. The topological polar surface area (TPSA) is 72.3 Å². The van der Waals surface area contributed by atoms with Gasteiger partial charge < -0.3 is 15.0 Å². The van der Waals surface area contributed by atoms with Crippen LogP contribution in [0.15, 0.2) is 36.5 Å². The molecule has 9 heteroatoms. The Kier molecular flexibility index (Phi) is 6.78. The van der Waals surface area contributed by atoms with Gasteiger partial charge in [-0.15, -0.1) is 0 Å². The molecule has 0 bridgehead atoms. The normalized spacial score (nSPS) is 15.3. The summed E-state index contributed by atoms with van der Waals surface area (Å²) in [6.07, 6.45) is 4.34. The largest absolute Gasteiger partial charge is 0.444 e. The monoisotopic (exact) mass is 501 g/mol. The Labute approximate surface area is 209 Å². The molecule has 0 aliphatic carbocycles. The van der Waals surface area contributed by atoms with E-state index in [1.54, 1.807) is 15.6 Å². The fraction of sp³-hybridized carbons (Fsp3) is 0.400. The van der Waals surface area contributed by atoms with Gasteiger partial charge >= 0.3 is 6.09 Å². The molecule has 0 fully saturated rings. The van der Waals surface area contributed by atoms with Crippen molar-refractivity contribution < 1.29 is 9.53 Å². The van der Waals surface area contributed by atoms with E-state index in [1.165, 1.54) is 0 Å². The number of carbonyl (C=O) groups excluding carboxylic acids is 1. The summed E-state index contributed by atoms with van der Waals surface area (Å²) in [5, 5.41) is 9.36. The second-order valence-electron chi connectivity index (χ2n) is 9.53. The van der Waals surface area contributed by atoms with E-state index in [4.69, 9.17) is 32.9 Å². The Hall–Kier alpha value is -2.77. The molecule has 7 nitrogen and oxygen atoms in total. The molecule has 3 aromatic rings. The zero-order chi connectivity index (χ0) is 24.6. The highest BCUT2D eigenvalue weighted by Crippen LogP contribution is 2.33. The number of hydrogen-bond donors (Lipinski definition) is 1. The van der Waals surface area contributed by atoms with Crippen LogP contribution in [0.2, 0.25) is 10.0 Å². The standard InChI is InChI=1S/C25H29Cl2N5O2/c1-15(18-7-6-17(26)12-19(18)27)28-21-13-20(29-22-14-31(5)30-23(21)22)16-8-10-32(11-9-16)24(33)34-25(2,3)4/h6-8,12-15,28H,9-11H2,1-5H3/t15-/m1/s1. The van der Waals surface area contributed by atoms with Crippen LogP contribution in [0.3, 0.4) is 0 Å². The summed E-state index contributed by atoms with van der Waals surface area (Å²) in [7, 11) is 1.88. The molecule has 1 aliphatic rings. The smallest absolute Gasteiger partial charge is 0.410 e. The molecule has 34 heavy (non-hydrogen) atoms. The number of hydrogen-bond acceptors (Lipinski definition) is 5. The first-order chi connectivity index (χ1) is 16.0. The second kappa shape index (κ2) is 9.47. The average Bonchev–Trinajstić information content (AvgIpc) is 3.13. The van der Waals surface area contributed by atoms with Crippen LogP contribution >= 0.6 is 23.2 Å². The third-order valence-corrected chi connectivity index (χ3v) is 6.14. The number of aromatic nitrogens is 3. The van der Waals surface area contributed by atoms with E-state index < -0.39 is 5.60 Å². The van der Waals surface area contributed by atoms with Gasteiger partial charge in [-0.1, -0.05) is 35.3 Å². The number of carbonyl (C=O) groups is 1. The number of anilines is 1. The van der Waals surface area contributed by atoms with Gasteiger partial charge in [0.05, 0.1) is 23.6 Å². The number of amides is 1. The van der Waals surface area contributed by atoms with E-state index in [0.717, 1.165) is 33.6 Å². The fourth-order valence-electron chi connectivity index (χ4n) is 3.95. The van der Waals surface area contributed by atoms with Crippen molar-refractivity contribution in [3.05, 3.63) is 57.8 Å². The minimum atomic E-state index is -0.516. The van der Waals surface area contributed by atoms with Crippen LogP contribution in [0.25, 0.3) is 16.6 Å². The molecule has 0 saturated carbocycles. The second-order valence-corrected chi connectivity index (χ2v) is 10.4. The van der Waals surface area contributed by atoms with Gasteiger partial charge in [-0.3, -0.25) is 4.68 Å². The number of pyridine rings is 1. The maximum atomic E-state index is 12.4. The van der Waals surface area contributed by atoms with Gasteiger partial charge in [0, 0.05) is 30.2 Å². The molecule has 2 aromatic heterocycles. The number of nitrogens with one attached hydrogen (secondary N) is 1. The predicted octanol–water partition coefficient (Wildman–Crippen LogP) is 6.47. The summed E-state index contributed by atoms with van der Waals surface area (Å²) in [5.74, 6) is 0. The molecule has 4 rings (SSSR count).